The van der Waals surface area contributed by atoms with E-state index in [1.165, 1.54) is 0 Å². The monoisotopic (exact) mass is 1050 g/mol. The van der Waals surface area contributed by atoms with E-state index in [4.69, 9.17) is 13.8 Å². The molecule has 10 aromatic rings. The third-order valence-corrected chi connectivity index (χ3v) is 16.3. The molecule has 0 N–H and O–H groups in total. The molecule has 3 heterocycles. The van der Waals surface area contributed by atoms with E-state index in [9.17, 15) is 11.0 Å². The predicted octanol–water partition coefficient (Wildman–Crippen LogP) is 20.5. The van der Waals surface area contributed by atoms with E-state index < -0.39 is 16.2 Å². The Labute approximate surface area is 485 Å². The molecule has 0 saturated carbocycles. The molecule has 8 aromatic carbocycles. The summed E-state index contributed by atoms with van der Waals surface area (Å²) in [5.74, 6) is 1.42. The highest BCUT2D eigenvalue weighted by Gasteiger charge is 2.38. The van der Waals surface area contributed by atoms with E-state index in [2.05, 4.69) is 99.8 Å². The average molecular weight is 1050 g/mol. The van der Waals surface area contributed by atoms with Crippen LogP contribution in [0.2, 0.25) is 0 Å². The first-order valence-corrected chi connectivity index (χ1v) is 27.6. The van der Waals surface area contributed by atoms with Gasteiger partial charge in [0.05, 0.1) is 43.2 Å². The Hall–Kier alpha value is -7.89. The van der Waals surface area contributed by atoms with Crippen molar-refractivity contribution in [3.8, 4) is 50.7 Å². The van der Waals surface area contributed by atoms with Crippen LogP contribution in [-0.4, -0.2) is 16.2 Å². The summed E-state index contributed by atoms with van der Waals surface area (Å²) in [5.41, 5.74) is 7.70. The van der Waals surface area contributed by atoms with E-state index in [0.29, 0.717) is 67.1 Å². The standard InChI is InChI=1S/C74H76N4O/c1-70(2,3)52-21-18-20-50(40-52)48-28-30-49(31-29-48)60-42-54(72(7,8)9)43-61(51-32-35-62-63(41-51)74(12,13)38-37-73(62,10)11)69(60)77-47-76(65-26-16-17-27-66(65)77)55-22-19-23-56(45-55)79-57-33-34-59-58-24-14-15-25-64(58)78(67(59)46-57)68-44-53(36-39-75-68)71(4,5)6/h14-36,39-46H,37-38,47H2,1-13H3/i14D,15D,24D,25D,28D,29D,30D,31D,32D,35D,41D. The maximum absolute atomic E-state index is 10.5. The summed E-state index contributed by atoms with van der Waals surface area (Å²) in [6, 6.07) is 34.9. The van der Waals surface area contributed by atoms with Gasteiger partial charge in [0, 0.05) is 45.9 Å². The second-order valence-corrected chi connectivity index (χ2v) is 26.0. The van der Waals surface area contributed by atoms with Crippen molar-refractivity contribution in [1.29, 1.82) is 0 Å². The summed E-state index contributed by atoms with van der Waals surface area (Å²) < 4.78 is 115. The fourth-order valence-corrected chi connectivity index (χ4v) is 11.4. The van der Waals surface area contributed by atoms with Crippen molar-refractivity contribution in [2.75, 3.05) is 16.5 Å². The number of hydrogen-bond acceptors (Lipinski definition) is 4. The fraction of sp³-hybridized carbons (Fsp3) is 0.284. The van der Waals surface area contributed by atoms with E-state index in [1.807, 2.05) is 109 Å². The van der Waals surface area contributed by atoms with Crippen molar-refractivity contribution >= 4 is 44.6 Å². The quantitative estimate of drug-likeness (QED) is 0.152. The van der Waals surface area contributed by atoms with Crippen LogP contribution in [0.3, 0.4) is 0 Å². The Bertz CT molecular complexity index is 4630. The minimum Gasteiger partial charge on any atom is -0.457 e. The van der Waals surface area contributed by atoms with Crippen LogP contribution in [0.15, 0.2) is 188 Å². The summed E-state index contributed by atoms with van der Waals surface area (Å²) in [6.07, 6.45) is 3.27. The highest BCUT2D eigenvalue weighted by atomic mass is 16.5. The first kappa shape index (κ1) is 40.3. The zero-order valence-electron chi connectivity index (χ0n) is 58.9. The van der Waals surface area contributed by atoms with Gasteiger partial charge in [-0.05, 0) is 157 Å². The Morgan fingerprint density at radius 2 is 1.11 bits per heavy atom. The third-order valence-electron chi connectivity index (χ3n) is 16.3. The second kappa shape index (κ2) is 18.9. The minimum absolute atomic E-state index is 0.0621. The fourth-order valence-electron chi connectivity index (χ4n) is 11.4. The molecule has 5 nitrogen and oxygen atoms in total. The molecule has 0 saturated heterocycles. The SMILES string of the molecule is [2H]c1c([2H])c(-c2cc(C(C)(C)C)cc(-c3c([2H])c([2H])c4c(c3[2H])C(C)(C)CCC4(C)C)c2N2CN(c3cccc(Oc4ccc5c6c([2H])c([2H])c([2H])c([2H])c6n(-c6cc(C(C)(C)C)ccn6)c5c4)c3)c3ccccc32)c([2H])c([2H])c1-c1cccc(C(C)(C)C)c1. The number of benzene rings is 8. The molecule has 398 valence electrons. The lowest BCUT2D eigenvalue weighted by molar-refractivity contribution is 0.332. The van der Waals surface area contributed by atoms with Gasteiger partial charge in [0.15, 0.2) is 0 Å². The topological polar surface area (TPSA) is 33.5 Å². The van der Waals surface area contributed by atoms with Gasteiger partial charge in [-0.2, -0.15) is 0 Å². The Kier molecular flexibility index (Phi) is 9.65. The number of hydrogen-bond donors (Lipinski definition) is 0. The summed E-state index contributed by atoms with van der Waals surface area (Å²) in [4.78, 5) is 8.99. The average Bonchev–Trinajstić information content (AvgIpc) is 1.14. The molecular formula is C74H76N4O. The number of rotatable bonds is 8. The molecule has 0 fully saturated rings. The lowest BCUT2D eigenvalue weighted by atomic mass is 9.63. The van der Waals surface area contributed by atoms with E-state index in [-0.39, 0.29) is 101 Å². The first-order valence-electron chi connectivity index (χ1n) is 33.1. The van der Waals surface area contributed by atoms with Crippen molar-refractivity contribution in [1.82, 2.24) is 9.55 Å². The highest BCUT2D eigenvalue weighted by Crippen LogP contribution is 2.54. The molecular weight excluding hydrogens is 961 g/mol. The van der Waals surface area contributed by atoms with Gasteiger partial charge >= 0.3 is 0 Å². The zero-order valence-corrected chi connectivity index (χ0v) is 47.9. The van der Waals surface area contributed by atoms with Crippen LogP contribution < -0.4 is 14.5 Å². The van der Waals surface area contributed by atoms with Crippen molar-refractivity contribution in [2.45, 2.75) is 130 Å². The Morgan fingerprint density at radius 3 is 1.84 bits per heavy atom. The molecule has 0 spiro atoms. The van der Waals surface area contributed by atoms with Crippen molar-refractivity contribution in [3.63, 3.8) is 0 Å². The van der Waals surface area contributed by atoms with Crippen LogP contribution in [-0.2, 0) is 27.1 Å². The number of fused-ring (bicyclic) bond motifs is 5. The smallest absolute Gasteiger partial charge is 0.137 e. The summed E-state index contributed by atoms with van der Waals surface area (Å²) in [5, 5.41) is 0.981. The zero-order chi connectivity index (χ0) is 65.0. The molecule has 0 amide bonds. The van der Waals surface area contributed by atoms with Crippen LogP contribution in [0.25, 0.3) is 61.0 Å². The van der Waals surface area contributed by atoms with Gasteiger partial charge in [-0.3, -0.25) is 4.57 Å². The largest absolute Gasteiger partial charge is 0.457 e. The minimum atomic E-state index is -0.576. The predicted molar refractivity (Wildman–Crippen MR) is 335 cm³/mol. The molecule has 1 aliphatic heterocycles. The lowest BCUT2D eigenvalue weighted by Gasteiger charge is -2.42. The molecule has 79 heavy (non-hydrogen) atoms. The molecule has 2 aromatic heterocycles. The Balaban J connectivity index is 1.06. The number of para-hydroxylation sites is 3. The molecule has 0 radical (unpaired) electrons. The van der Waals surface area contributed by atoms with Gasteiger partial charge in [0.2, 0.25) is 0 Å². The van der Waals surface area contributed by atoms with Gasteiger partial charge in [-0.15, -0.1) is 0 Å². The van der Waals surface area contributed by atoms with E-state index in [1.54, 1.807) is 16.8 Å². The van der Waals surface area contributed by atoms with E-state index >= 15 is 0 Å². The molecule has 5 heteroatoms. The van der Waals surface area contributed by atoms with Crippen LogP contribution in [0.4, 0.5) is 22.7 Å². The summed E-state index contributed by atoms with van der Waals surface area (Å²) in [6.45, 7) is 27.4. The maximum atomic E-state index is 10.5. The molecule has 0 unspecified atom stereocenters. The molecule has 2 aliphatic rings. The van der Waals surface area contributed by atoms with Crippen molar-refractivity contribution < 1.29 is 19.8 Å². The van der Waals surface area contributed by atoms with Crippen LogP contribution in [0, 0.1) is 0 Å². The maximum Gasteiger partial charge on any atom is 0.137 e. The van der Waals surface area contributed by atoms with Crippen LogP contribution >= 0.6 is 0 Å². The van der Waals surface area contributed by atoms with Crippen molar-refractivity contribution in [2.24, 2.45) is 0 Å². The molecule has 12 rings (SSSR count). The van der Waals surface area contributed by atoms with Crippen molar-refractivity contribution in [3.05, 3.63) is 216 Å². The van der Waals surface area contributed by atoms with Crippen LogP contribution in [0.5, 0.6) is 11.5 Å². The second-order valence-electron chi connectivity index (χ2n) is 26.0. The summed E-state index contributed by atoms with van der Waals surface area (Å²) >= 11 is 0. The third kappa shape index (κ3) is 9.49. The summed E-state index contributed by atoms with van der Waals surface area (Å²) in [7, 11) is 0. The number of nitrogens with zero attached hydrogens (tertiary/aromatic N) is 4. The van der Waals surface area contributed by atoms with Gasteiger partial charge < -0.3 is 14.5 Å². The number of anilines is 4. The number of aromatic nitrogens is 2. The van der Waals surface area contributed by atoms with Gasteiger partial charge in [-0.1, -0.05) is 193 Å². The molecule has 0 atom stereocenters. The normalized spacial score (nSPS) is 17.1. The van der Waals surface area contributed by atoms with E-state index in [0.717, 1.165) is 52.2 Å². The van der Waals surface area contributed by atoms with Gasteiger partial charge in [0.25, 0.3) is 0 Å². The van der Waals surface area contributed by atoms with Gasteiger partial charge in [-0.25, -0.2) is 4.98 Å². The first-order chi connectivity index (χ1) is 42.1. The van der Waals surface area contributed by atoms with Crippen LogP contribution in [0.1, 0.15) is 146 Å². The molecule has 1 aliphatic carbocycles. The lowest BCUT2D eigenvalue weighted by Crippen LogP contribution is -2.33. The molecule has 0 bridgehead atoms. The Morgan fingerprint density at radius 1 is 0.494 bits per heavy atom. The number of ether oxygens (including phenoxy) is 1. The highest BCUT2D eigenvalue weighted by molar-refractivity contribution is 6.09. The number of pyridine rings is 1. The van der Waals surface area contributed by atoms with Gasteiger partial charge in [0.1, 0.15) is 24.0 Å².